The van der Waals surface area contributed by atoms with Gasteiger partial charge in [0, 0.05) is 30.9 Å². The van der Waals surface area contributed by atoms with E-state index in [4.69, 9.17) is 9.47 Å². The average Bonchev–Trinajstić information content (AvgIpc) is 2.55. The molecule has 1 aliphatic carbocycles. The van der Waals surface area contributed by atoms with E-state index in [1.165, 1.54) is 6.26 Å². The third-order valence-electron chi connectivity index (χ3n) is 4.75. The monoisotopic (exact) mass is 519 g/mol. The minimum absolute atomic E-state index is 0. The fraction of sp³-hybridized carbons (Fsp3) is 0.944. The van der Waals surface area contributed by atoms with Crippen molar-refractivity contribution in [3.63, 3.8) is 0 Å². The summed E-state index contributed by atoms with van der Waals surface area (Å²) in [5, 5.41) is 6.74. The van der Waals surface area contributed by atoms with E-state index < -0.39 is 9.84 Å². The molecule has 0 heterocycles. The topological polar surface area (TPSA) is 89.0 Å². The normalized spacial score (nSPS) is 21.9. The van der Waals surface area contributed by atoms with Crippen LogP contribution in [0.5, 0.6) is 0 Å². The van der Waals surface area contributed by atoms with E-state index in [9.17, 15) is 8.42 Å². The van der Waals surface area contributed by atoms with Gasteiger partial charge in [0.25, 0.3) is 0 Å². The van der Waals surface area contributed by atoms with E-state index in [1.54, 1.807) is 0 Å². The molecule has 1 saturated carbocycles. The summed E-state index contributed by atoms with van der Waals surface area (Å²) in [5.74, 6) is 0.814. The molecule has 0 aromatic rings. The van der Waals surface area contributed by atoms with Gasteiger partial charge in [-0.25, -0.2) is 8.42 Å². The molecule has 2 unspecified atom stereocenters. The van der Waals surface area contributed by atoms with Gasteiger partial charge in [0.1, 0.15) is 9.84 Å². The predicted octanol–water partition coefficient (Wildman–Crippen LogP) is 2.20. The second-order valence-electron chi connectivity index (χ2n) is 7.47. The highest BCUT2D eigenvalue weighted by molar-refractivity contribution is 14.0. The van der Waals surface area contributed by atoms with Crippen LogP contribution >= 0.6 is 24.0 Å². The summed E-state index contributed by atoms with van der Waals surface area (Å²) in [4.78, 5) is 4.51. The van der Waals surface area contributed by atoms with Crippen LogP contribution in [0.2, 0.25) is 0 Å². The Hall–Kier alpha value is -0.130. The number of ether oxygens (including phenoxy) is 2. The van der Waals surface area contributed by atoms with E-state index in [0.717, 1.165) is 38.4 Å². The number of unbranched alkanes of at least 4 members (excludes halogenated alkanes) is 1. The van der Waals surface area contributed by atoms with E-state index in [0.29, 0.717) is 19.2 Å². The molecule has 162 valence electrons. The molecule has 1 rings (SSSR count). The van der Waals surface area contributed by atoms with Gasteiger partial charge in [-0.15, -0.1) is 24.0 Å². The van der Waals surface area contributed by atoms with Gasteiger partial charge in [-0.3, -0.25) is 4.99 Å². The maximum Gasteiger partial charge on any atom is 0.191 e. The summed E-state index contributed by atoms with van der Waals surface area (Å²) in [5.41, 5.74) is 0.0654. The first-order valence-electron chi connectivity index (χ1n) is 9.62. The SMILES string of the molecule is CCCCOC1CC(NC(=NCCOCCS(C)(=O)=O)NCC)C1(C)C.I. The van der Waals surface area contributed by atoms with Gasteiger partial charge in [-0.1, -0.05) is 27.2 Å². The predicted molar refractivity (Wildman–Crippen MR) is 122 cm³/mol. The maximum absolute atomic E-state index is 11.1. The second-order valence-corrected chi connectivity index (χ2v) is 9.73. The van der Waals surface area contributed by atoms with Crippen molar-refractivity contribution in [3.8, 4) is 0 Å². The Morgan fingerprint density at radius 2 is 1.93 bits per heavy atom. The van der Waals surface area contributed by atoms with Crippen molar-refractivity contribution >= 4 is 39.8 Å². The molecule has 1 aliphatic rings. The molecule has 0 aromatic heterocycles. The Morgan fingerprint density at radius 1 is 1.22 bits per heavy atom. The van der Waals surface area contributed by atoms with Gasteiger partial charge in [0.05, 0.1) is 31.6 Å². The number of hydrogen-bond acceptors (Lipinski definition) is 5. The maximum atomic E-state index is 11.1. The number of hydrogen-bond donors (Lipinski definition) is 2. The molecule has 9 heteroatoms. The lowest BCUT2D eigenvalue weighted by Crippen LogP contribution is -2.63. The van der Waals surface area contributed by atoms with Gasteiger partial charge in [0.15, 0.2) is 5.96 Å². The van der Waals surface area contributed by atoms with Crippen LogP contribution in [0.4, 0.5) is 0 Å². The number of aliphatic imine (C=N–C) groups is 1. The first-order valence-corrected chi connectivity index (χ1v) is 11.7. The van der Waals surface area contributed by atoms with Gasteiger partial charge in [-0.2, -0.15) is 0 Å². The van der Waals surface area contributed by atoms with Gasteiger partial charge in [-0.05, 0) is 19.8 Å². The van der Waals surface area contributed by atoms with Crippen molar-refractivity contribution in [2.75, 3.05) is 44.9 Å². The molecule has 2 atom stereocenters. The molecular weight excluding hydrogens is 481 g/mol. The van der Waals surface area contributed by atoms with Crippen LogP contribution in [-0.2, 0) is 19.3 Å². The summed E-state index contributed by atoms with van der Waals surface area (Å²) in [6.07, 6.45) is 4.73. The van der Waals surface area contributed by atoms with Crippen LogP contribution in [0, 0.1) is 5.41 Å². The molecule has 0 spiro atoms. The van der Waals surface area contributed by atoms with Crippen LogP contribution in [0.25, 0.3) is 0 Å². The zero-order valence-corrected chi connectivity index (χ0v) is 20.6. The van der Waals surface area contributed by atoms with Crippen molar-refractivity contribution in [3.05, 3.63) is 0 Å². The highest BCUT2D eigenvalue weighted by atomic mass is 127. The first-order chi connectivity index (χ1) is 12.2. The molecule has 0 saturated heterocycles. The second kappa shape index (κ2) is 13.2. The fourth-order valence-electron chi connectivity index (χ4n) is 2.80. The first kappa shape index (κ1) is 26.9. The number of rotatable bonds is 12. The third-order valence-corrected chi connectivity index (χ3v) is 5.66. The minimum atomic E-state index is -2.97. The molecule has 7 nitrogen and oxygen atoms in total. The highest BCUT2D eigenvalue weighted by Gasteiger charge is 2.49. The van der Waals surface area contributed by atoms with Crippen molar-refractivity contribution < 1.29 is 17.9 Å². The smallest absolute Gasteiger partial charge is 0.191 e. The van der Waals surface area contributed by atoms with E-state index in [-0.39, 0.29) is 47.9 Å². The Labute approximate surface area is 182 Å². The van der Waals surface area contributed by atoms with Crippen LogP contribution < -0.4 is 10.6 Å². The molecule has 0 aromatic carbocycles. The highest BCUT2D eigenvalue weighted by Crippen LogP contribution is 2.42. The number of sulfone groups is 1. The summed E-state index contributed by atoms with van der Waals surface area (Å²) in [7, 11) is -2.97. The van der Waals surface area contributed by atoms with Crippen molar-refractivity contribution in [1.82, 2.24) is 10.6 Å². The van der Waals surface area contributed by atoms with Crippen LogP contribution in [0.15, 0.2) is 4.99 Å². The number of nitrogens with one attached hydrogen (secondary N) is 2. The summed E-state index contributed by atoms with van der Waals surface area (Å²) >= 11 is 0. The fourth-order valence-corrected chi connectivity index (χ4v) is 3.22. The van der Waals surface area contributed by atoms with Crippen LogP contribution in [0.1, 0.15) is 47.0 Å². The largest absolute Gasteiger partial charge is 0.378 e. The summed E-state index contributed by atoms with van der Waals surface area (Å²) in [6.45, 7) is 11.4. The van der Waals surface area contributed by atoms with Crippen molar-refractivity contribution in [1.29, 1.82) is 0 Å². The summed E-state index contributed by atoms with van der Waals surface area (Å²) < 4.78 is 33.4. The number of halogens is 1. The average molecular weight is 519 g/mol. The van der Waals surface area contributed by atoms with Gasteiger partial charge >= 0.3 is 0 Å². The molecular formula is C18H38IN3O4S. The lowest BCUT2D eigenvalue weighted by molar-refractivity contribution is -0.113. The number of nitrogens with zero attached hydrogens (tertiary/aromatic N) is 1. The lowest BCUT2D eigenvalue weighted by atomic mass is 9.64. The van der Waals surface area contributed by atoms with Crippen LogP contribution in [-0.4, -0.2) is 71.4 Å². The Morgan fingerprint density at radius 3 is 2.48 bits per heavy atom. The zero-order valence-electron chi connectivity index (χ0n) is 17.4. The zero-order chi connectivity index (χ0) is 19.6. The third kappa shape index (κ3) is 10.3. The van der Waals surface area contributed by atoms with Crippen molar-refractivity contribution in [2.45, 2.75) is 59.1 Å². The molecule has 0 radical (unpaired) electrons. The Balaban J connectivity index is 0.00000676. The lowest BCUT2D eigenvalue weighted by Gasteiger charge is -2.52. The Kier molecular flexibility index (Phi) is 13.1. The van der Waals surface area contributed by atoms with Gasteiger partial charge in [0.2, 0.25) is 0 Å². The standard InChI is InChI=1S/C18H37N3O4S.HI/c1-6-8-10-25-16-14-15(18(16,3)4)21-17(19-7-2)20-9-11-24-12-13-26(5,22)23;/h15-16H,6-14H2,1-5H3,(H2,19,20,21);1H. The molecule has 2 N–H and O–H groups in total. The molecule has 1 fully saturated rings. The molecule has 0 amide bonds. The molecule has 0 bridgehead atoms. The van der Waals surface area contributed by atoms with Gasteiger partial charge < -0.3 is 20.1 Å². The molecule has 0 aliphatic heterocycles. The van der Waals surface area contributed by atoms with Crippen molar-refractivity contribution in [2.24, 2.45) is 10.4 Å². The van der Waals surface area contributed by atoms with E-state index in [2.05, 4.69) is 36.4 Å². The minimum Gasteiger partial charge on any atom is -0.378 e. The van der Waals surface area contributed by atoms with E-state index >= 15 is 0 Å². The molecule has 27 heavy (non-hydrogen) atoms. The van der Waals surface area contributed by atoms with E-state index in [1.807, 2.05) is 6.92 Å². The van der Waals surface area contributed by atoms with Crippen LogP contribution in [0.3, 0.4) is 0 Å². The summed E-state index contributed by atoms with van der Waals surface area (Å²) in [6, 6.07) is 0.318. The Bertz CT molecular complexity index is 541. The quantitative estimate of drug-likeness (QED) is 0.178. The number of guanidine groups is 1.